The average Bonchev–Trinajstić information content (AvgIpc) is 3.10. The molecule has 0 bridgehead atoms. The van der Waals surface area contributed by atoms with Crippen molar-refractivity contribution in [2.75, 3.05) is 18.5 Å². The number of aromatic nitrogens is 2. The highest BCUT2D eigenvalue weighted by molar-refractivity contribution is 7.20. The first-order chi connectivity index (χ1) is 14.5. The summed E-state index contributed by atoms with van der Waals surface area (Å²) in [7, 11) is 0. The van der Waals surface area contributed by atoms with Crippen LogP contribution >= 0.6 is 11.3 Å². The molecule has 7 nitrogen and oxygen atoms in total. The monoisotopic (exact) mass is 426 g/mol. The molecule has 8 heteroatoms. The van der Waals surface area contributed by atoms with Crippen LogP contribution in [0.3, 0.4) is 0 Å². The fourth-order valence-electron chi connectivity index (χ4n) is 3.04. The van der Waals surface area contributed by atoms with Crippen LogP contribution < -0.4 is 10.6 Å². The van der Waals surface area contributed by atoms with Gasteiger partial charge in [-0.2, -0.15) is 0 Å². The van der Waals surface area contributed by atoms with Crippen molar-refractivity contribution >= 4 is 39.2 Å². The van der Waals surface area contributed by atoms with Crippen molar-refractivity contribution in [1.29, 1.82) is 0 Å². The summed E-state index contributed by atoms with van der Waals surface area (Å²) in [4.78, 5) is 34.2. The third-order valence-corrected chi connectivity index (χ3v) is 5.86. The van der Waals surface area contributed by atoms with E-state index in [-0.39, 0.29) is 11.9 Å². The van der Waals surface area contributed by atoms with Crippen molar-refractivity contribution in [3.05, 3.63) is 52.2 Å². The van der Waals surface area contributed by atoms with E-state index in [2.05, 4.69) is 27.5 Å². The number of nitrogens with one attached hydrogen (secondary N) is 2. The summed E-state index contributed by atoms with van der Waals surface area (Å²) in [6, 6.07) is 7.49. The number of unbranched alkanes of at least 4 members (excludes halogenated alkanes) is 1. The summed E-state index contributed by atoms with van der Waals surface area (Å²) in [6.45, 7) is 7.31. The first-order valence-corrected chi connectivity index (χ1v) is 10.9. The van der Waals surface area contributed by atoms with Crippen LogP contribution in [0.2, 0.25) is 0 Å². The molecule has 0 spiro atoms. The maximum absolute atomic E-state index is 12.2. The minimum absolute atomic E-state index is 0.0548. The zero-order valence-corrected chi connectivity index (χ0v) is 18.3. The van der Waals surface area contributed by atoms with E-state index in [0.29, 0.717) is 36.0 Å². The predicted molar refractivity (Wildman–Crippen MR) is 119 cm³/mol. The number of benzene rings is 1. The summed E-state index contributed by atoms with van der Waals surface area (Å²) >= 11 is 1.31. The third kappa shape index (κ3) is 4.94. The molecule has 0 unspecified atom stereocenters. The molecule has 0 saturated heterocycles. The summed E-state index contributed by atoms with van der Waals surface area (Å²) in [5.41, 5.74) is 2.48. The van der Waals surface area contributed by atoms with Crippen molar-refractivity contribution < 1.29 is 14.3 Å². The van der Waals surface area contributed by atoms with Crippen LogP contribution in [0.5, 0.6) is 0 Å². The van der Waals surface area contributed by atoms with Gasteiger partial charge in [-0.05, 0) is 43.5 Å². The van der Waals surface area contributed by atoms with Crippen molar-refractivity contribution in [3.8, 4) is 0 Å². The first-order valence-electron chi connectivity index (χ1n) is 10.1. The molecule has 1 aromatic carbocycles. The molecule has 2 heterocycles. The Bertz CT molecular complexity index is 1030. The predicted octanol–water partition coefficient (Wildman–Crippen LogP) is 4.32. The lowest BCUT2D eigenvalue weighted by Crippen LogP contribution is -2.24. The number of amides is 1. The molecule has 2 aromatic heterocycles. The molecule has 0 fully saturated rings. The Kier molecular flexibility index (Phi) is 7.35. The number of hydrogen-bond acceptors (Lipinski definition) is 7. The molecular weight excluding hydrogens is 400 g/mol. The van der Waals surface area contributed by atoms with Crippen LogP contribution in [0.1, 0.15) is 57.8 Å². The fraction of sp³-hybridized carbons (Fsp3) is 0.364. The van der Waals surface area contributed by atoms with Gasteiger partial charge in [0.1, 0.15) is 21.9 Å². The molecule has 3 rings (SSSR count). The first kappa shape index (κ1) is 21.7. The highest BCUT2D eigenvalue weighted by Crippen LogP contribution is 2.33. The standard InChI is InChI=1S/C22H26N4O3S/c1-4-6-11-23-20(27)16-9-7-15(8-10-16)12-24-19-17-14(3)18(22(28)29-5-2)30-21(17)26-13-25-19/h7-10,13H,4-6,11-12H2,1-3H3,(H,23,27)(H,24,25,26). The Hall–Kier alpha value is -3.00. The summed E-state index contributed by atoms with van der Waals surface area (Å²) in [6.07, 6.45) is 3.51. The van der Waals surface area contributed by atoms with Crippen LogP contribution in [0.15, 0.2) is 30.6 Å². The molecule has 0 aliphatic heterocycles. The van der Waals surface area contributed by atoms with Crippen molar-refractivity contribution in [2.45, 2.75) is 40.2 Å². The van der Waals surface area contributed by atoms with Crippen LogP contribution in [0.25, 0.3) is 10.2 Å². The Morgan fingerprint density at radius 2 is 1.90 bits per heavy atom. The van der Waals surface area contributed by atoms with Gasteiger partial charge in [0.05, 0.1) is 12.0 Å². The Morgan fingerprint density at radius 1 is 1.13 bits per heavy atom. The largest absolute Gasteiger partial charge is 0.462 e. The number of ether oxygens (including phenoxy) is 1. The quantitative estimate of drug-likeness (QED) is 0.391. The molecule has 1 amide bonds. The second-order valence-electron chi connectivity index (χ2n) is 6.84. The van der Waals surface area contributed by atoms with Crippen LogP contribution in [-0.2, 0) is 11.3 Å². The Labute approximate surface area is 179 Å². The van der Waals surface area contributed by atoms with Gasteiger partial charge in [-0.1, -0.05) is 25.5 Å². The van der Waals surface area contributed by atoms with Crippen molar-refractivity contribution in [1.82, 2.24) is 15.3 Å². The zero-order valence-electron chi connectivity index (χ0n) is 17.4. The highest BCUT2D eigenvalue weighted by Gasteiger charge is 2.20. The molecule has 2 N–H and O–H groups in total. The van der Waals surface area contributed by atoms with Crippen molar-refractivity contribution in [2.24, 2.45) is 0 Å². The molecule has 0 aliphatic carbocycles. The molecule has 0 atom stereocenters. The van der Waals surface area contributed by atoms with E-state index in [1.807, 2.05) is 31.2 Å². The lowest BCUT2D eigenvalue weighted by molar-refractivity contribution is 0.0531. The van der Waals surface area contributed by atoms with Crippen LogP contribution in [0.4, 0.5) is 5.82 Å². The highest BCUT2D eigenvalue weighted by atomic mass is 32.1. The average molecular weight is 427 g/mol. The number of aryl methyl sites for hydroxylation is 1. The molecule has 0 aliphatic rings. The second kappa shape index (κ2) is 10.2. The lowest BCUT2D eigenvalue weighted by Gasteiger charge is -2.09. The number of fused-ring (bicyclic) bond motifs is 1. The van der Waals surface area contributed by atoms with E-state index in [4.69, 9.17) is 4.74 Å². The summed E-state index contributed by atoms with van der Waals surface area (Å²) < 4.78 is 5.14. The Balaban J connectivity index is 1.71. The van der Waals surface area contributed by atoms with Crippen molar-refractivity contribution in [3.63, 3.8) is 0 Å². The molecule has 3 aromatic rings. The number of carbonyl (C=O) groups excluding carboxylic acids is 2. The number of esters is 1. The smallest absolute Gasteiger partial charge is 0.348 e. The molecule has 0 radical (unpaired) electrons. The van der Waals surface area contributed by atoms with E-state index < -0.39 is 0 Å². The lowest BCUT2D eigenvalue weighted by atomic mass is 10.1. The number of rotatable bonds is 9. The molecular formula is C22H26N4O3S. The second-order valence-corrected chi connectivity index (χ2v) is 7.84. The van der Waals surface area contributed by atoms with Crippen LogP contribution in [0, 0.1) is 6.92 Å². The number of hydrogen-bond donors (Lipinski definition) is 2. The minimum atomic E-state index is -0.336. The SMILES string of the molecule is CCCCNC(=O)c1ccc(CNc2ncnc3sc(C(=O)OCC)c(C)c23)cc1. The van der Waals surface area contributed by atoms with Crippen LogP contribution in [-0.4, -0.2) is 35.0 Å². The fourth-order valence-corrected chi connectivity index (χ4v) is 4.08. The van der Waals surface area contributed by atoms with Gasteiger partial charge in [0.25, 0.3) is 5.91 Å². The zero-order chi connectivity index (χ0) is 21.5. The summed E-state index contributed by atoms with van der Waals surface area (Å²) in [5.74, 6) is 0.281. The number of anilines is 1. The van der Waals surface area contributed by atoms with Gasteiger partial charge in [-0.15, -0.1) is 11.3 Å². The molecule has 0 saturated carbocycles. The van der Waals surface area contributed by atoms with E-state index >= 15 is 0 Å². The maximum atomic E-state index is 12.2. The topological polar surface area (TPSA) is 93.2 Å². The van der Waals surface area contributed by atoms with E-state index in [9.17, 15) is 9.59 Å². The molecule has 158 valence electrons. The van der Waals surface area contributed by atoms with Gasteiger partial charge in [-0.25, -0.2) is 14.8 Å². The number of carbonyl (C=O) groups is 2. The Morgan fingerprint density at radius 3 is 2.60 bits per heavy atom. The normalized spacial score (nSPS) is 10.8. The van der Waals surface area contributed by atoms with Gasteiger partial charge >= 0.3 is 5.97 Å². The minimum Gasteiger partial charge on any atom is -0.462 e. The number of thiophene rings is 1. The van der Waals surface area contributed by atoms with Gasteiger partial charge in [0, 0.05) is 18.7 Å². The van der Waals surface area contributed by atoms with Gasteiger partial charge < -0.3 is 15.4 Å². The maximum Gasteiger partial charge on any atom is 0.348 e. The van der Waals surface area contributed by atoms with Gasteiger partial charge in [0.2, 0.25) is 0 Å². The van der Waals surface area contributed by atoms with E-state index in [1.165, 1.54) is 17.7 Å². The number of nitrogens with zero attached hydrogens (tertiary/aromatic N) is 2. The van der Waals surface area contributed by atoms with E-state index in [1.54, 1.807) is 6.92 Å². The third-order valence-electron chi connectivity index (χ3n) is 4.68. The van der Waals surface area contributed by atoms with E-state index in [0.717, 1.165) is 34.2 Å². The summed E-state index contributed by atoms with van der Waals surface area (Å²) in [5, 5.41) is 7.07. The molecule has 30 heavy (non-hydrogen) atoms. The van der Waals surface area contributed by atoms with Gasteiger partial charge in [0.15, 0.2) is 0 Å². The van der Waals surface area contributed by atoms with Gasteiger partial charge in [-0.3, -0.25) is 4.79 Å².